The lowest BCUT2D eigenvalue weighted by Gasteiger charge is -2.30. The van der Waals surface area contributed by atoms with Crippen molar-refractivity contribution in [3.63, 3.8) is 0 Å². The van der Waals surface area contributed by atoms with Crippen molar-refractivity contribution in [3.05, 3.63) is 0 Å². The van der Waals surface area contributed by atoms with Crippen LogP contribution in [0.25, 0.3) is 0 Å². The first-order valence-electron chi connectivity index (χ1n) is 5.37. The van der Waals surface area contributed by atoms with Crippen LogP contribution in [0.1, 0.15) is 34.6 Å². The monoisotopic (exact) mass is 266 g/mol. The van der Waals surface area contributed by atoms with Gasteiger partial charge in [0.25, 0.3) is 10.2 Å². The van der Waals surface area contributed by atoms with Crippen LogP contribution in [0.4, 0.5) is 0 Å². The summed E-state index contributed by atoms with van der Waals surface area (Å²) >= 11 is 0. The summed E-state index contributed by atoms with van der Waals surface area (Å²) in [7, 11) is -2.37. The predicted molar refractivity (Wildman–Crippen MR) is 65.8 cm³/mol. The Morgan fingerprint density at radius 1 is 1.29 bits per heavy atom. The lowest BCUT2D eigenvalue weighted by atomic mass is 9.88. The number of aliphatic carboxylic acids is 1. The molecular formula is C10H22N2O4S. The largest absolute Gasteiger partial charge is 0.480 e. The zero-order valence-electron chi connectivity index (χ0n) is 11.2. The van der Waals surface area contributed by atoms with Crippen molar-refractivity contribution in [1.82, 2.24) is 9.03 Å². The molecule has 2 N–H and O–H groups in total. The highest BCUT2D eigenvalue weighted by molar-refractivity contribution is 7.87. The minimum absolute atomic E-state index is 0.234. The molecule has 1 atom stereocenters. The maximum Gasteiger partial charge on any atom is 0.322 e. The Hall–Kier alpha value is -0.660. The Balaban J connectivity index is 5.10. The molecular weight excluding hydrogens is 244 g/mol. The van der Waals surface area contributed by atoms with Crippen molar-refractivity contribution in [2.24, 2.45) is 5.41 Å². The van der Waals surface area contributed by atoms with Crippen LogP contribution in [0.15, 0.2) is 0 Å². The third-order valence-electron chi connectivity index (χ3n) is 2.49. The molecule has 0 aromatic heterocycles. The van der Waals surface area contributed by atoms with E-state index >= 15 is 0 Å². The Bertz CT molecular complexity index is 370. The first-order chi connectivity index (χ1) is 7.39. The Morgan fingerprint density at radius 2 is 1.71 bits per heavy atom. The van der Waals surface area contributed by atoms with E-state index < -0.39 is 27.6 Å². The van der Waals surface area contributed by atoms with E-state index in [1.54, 1.807) is 34.6 Å². The number of carboxylic acids is 1. The molecule has 0 saturated carbocycles. The van der Waals surface area contributed by atoms with Crippen molar-refractivity contribution >= 4 is 16.2 Å². The standard InChI is InChI=1S/C10H22N2O4S/c1-7(2)12(6)17(15,16)11-8(9(13)14)10(3,4)5/h7-8,11H,1-6H3,(H,13,14)/t8-/m1/s1. The average Bonchev–Trinajstić information content (AvgIpc) is 2.10. The van der Waals surface area contributed by atoms with Crippen molar-refractivity contribution in [2.75, 3.05) is 7.05 Å². The summed E-state index contributed by atoms with van der Waals surface area (Å²) in [6.07, 6.45) is 0. The number of carbonyl (C=O) groups is 1. The fourth-order valence-corrected chi connectivity index (χ4v) is 2.58. The number of nitrogens with zero attached hydrogens (tertiary/aromatic N) is 1. The smallest absolute Gasteiger partial charge is 0.322 e. The highest BCUT2D eigenvalue weighted by atomic mass is 32.2. The molecule has 0 bridgehead atoms. The highest BCUT2D eigenvalue weighted by Crippen LogP contribution is 2.20. The van der Waals surface area contributed by atoms with E-state index in [9.17, 15) is 13.2 Å². The number of carboxylic acid groups (broad SMARTS) is 1. The SMILES string of the molecule is CC(C)N(C)S(=O)(=O)N[C@H](C(=O)O)C(C)(C)C. The Morgan fingerprint density at radius 3 is 1.94 bits per heavy atom. The summed E-state index contributed by atoms with van der Waals surface area (Å²) in [6, 6.07) is -1.39. The van der Waals surface area contributed by atoms with Gasteiger partial charge in [-0.05, 0) is 19.3 Å². The van der Waals surface area contributed by atoms with Gasteiger partial charge in [-0.3, -0.25) is 4.79 Å². The summed E-state index contributed by atoms with van der Waals surface area (Å²) in [6.45, 7) is 8.44. The van der Waals surface area contributed by atoms with Crippen LogP contribution in [0.2, 0.25) is 0 Å². The van der Waals surface area contributed by atoms with Gasteiger partial charge in [-0.15, -0.1) is 0 Å². The molecule has 7 heteroatoms. The van der Waals surface area contributed by atoms with E-state index in [0.29, 0.717) is 0 Å². The van der Waals surface area contributed by atoms with E-state index in [2.05, 4.69) is 4.72 Å². The maximum atomic E-state index is 11.9. The van der Waals surface area contributed by atoms with Crippen LogP contribution in [0, 0.1) is 5.41 Å². The third kappa shape index (κ3) is 4.61. The highest BCUT2D eigenvalue weighted by Gasteiger charge is 2.36. The second-order valence-electron chi connectivity index (χ2n) is 5.37. The number of nitrogens with one attached hydrogen (secondary N) is 1. The topological polar surface area (TPSA) is 86.7 Å². The van der Waals surface area contributed by atoms with Gasteiger partial charge in [0.1, 0.15) is 6.04 Å². The maximum absolute atomic E-state index is 11.9. The normalized spacial score (nSPS) is 15.3. The van der Waals surface area contributed by atoms with Crippen molar-refractivity contribution < 1.29 is 18.3 Å². The zero-order chi connectivity index (χ0) is 14.0. The van der Waals surface area contributed by atoms with Gasteiger partial charge in [0.05, 0.1) is 0 Å². The molecule has 0 spiro atoms. The van der Waals surface area contributed by atoms with Crippen LogP contribution in [0.5, 0.6) is 0 Å². The minimum atomic E-state index is -3.78. The number of hydrogen-bond acceptors (Lipinski definition) is 3. The quantitative estimate of drug-likeness (QED) is 0.765. The molecule has 6 nitrogen and oxygen atoms in total. The molecule has 0 saturated heterocycles. The second-order valence-corrected chi connectivity index (χ2v) is 7.13. The molecule has 0 aromatic rings. The molecule has 0 fully saturated rings. The van der Waals surface area contributed by atoms with E-state index in [0.717, 1.165) is 4.31 Å². The zero-order valence-corrected chi connectivity index (χ0v) is 12.0. The van der Waals surface area contributed by atoms with Gasteiger partial charge >= 0.3 is 5.97 Å². The molecule has 0 aliphatic rings. The van der Waals surface area contributed by atoms with E-state index in [1.165, 1.54) is 7.05 Å². The van der Waals surface area contributed by atoms with E-state index in [1.807, 2.05) is 0 Å². The van der Waals surface area contributed by atoms with Gasteiger partial charge in [-0.1, -0.05) is 20.8 Å². The number of rotatable bonds is 5. The molecule has 102 valence electrons. The first-order valence-corrected chi connectivity index (χ1v) is 6.81. The average molecular weight is 266 g/mol. The predicted octanol–water partition coefficient (Wildman–Crippen LogP) is 0.660. The molecule has 0 unspecified atom stereocenters. The van der Waals surface area contributed by atoms with Crippen molar-refractivity contribution in [1.29, 1.82) is 0 Å². The molecule has 0 amide bonds. The Kier molecular flexibility index (Phi) is 5.12. The van der Waals surface area contributed by atoms with Gasteiger partial charge in [0, 0.05) is 13.1 Å². The summed E-state index contributed by atoms with van der Waals surface area (Å²) in [5.41, 5.74) is -0.698. The fraction of sp³-hybridized carbons (Fsp3) is 0.900. The second kappa shape index (κ2) is 5.32. The molecule has 0 aromatic carbocycles. The van der Waals surface area contributed by atoms with Crippen LogP contribution in [-0.4, -0.2) is 42.9 Å². The van der Waals surface area contributed by atoms with E-state index in [-0.39, 0.29) is 6.04 Å². The lowest BCUT2D eigenvalue weighted by Crippen LogP contribution is -2.53. The van der Waals surface area contributed by atoms with Crippen LogP contribution < -0.4 is 4.72 Å². The van der Waals surface area contributed by atoms with Gasteiger partial charge in [-0.25, -0.2) is 0 Å². The first kappa shape index (κ1) is 16.3. The summed E-state index contributed by atoms with van der Waals surface area (Å²) < 4.78 is 27.1. The minimum Gasteiger partial charge on any atom is -0.480 e. The van der Waals surface area contributed by atoms with Gasteiger partial charge in [-0.2, -0.15) is 17.4 Å². The van der Waals surface area contributed by atoms with Crippen LogP contribution >= 0.6 is 0 Å². The summed E-state index contributed by atoms with van der Waals surface area (Å²) in [5, 5.41) is 9.05. The molecule has 0 radical (unpaired) electrons. The van der Waals surface area contributed by atoms with Crippen molar-refractivity contribution in [3.8, 4) is 0 Å². The van der Waals surface area contributed by atoms with Crippen molar-refractivity contribution in [2.45, 2.75) is 46.7 Å². The molecule has 0 rings (SSSR count). The third-order valence-corrected chi connectivity index (χ3v) is 4.20. The number of hydrogen-bond donors (Lipinski definition) is 2. The van der Waals surface area contributed by atoms with Crippen LogP contribution in [0.3, 0.4) is 0 Å². The van der Waals surface area contributed by atoms with E-state index in [4.69, 9.17) is 5.11 Å². The molecule has 0 heterocycles. The Labute approximate surface area is 103 Å². The molecule has 0 aliphatic carbocycles. The molecule has 0 aliphatic heterocycles. The molecule has 17 heavy (non-hydrogen) atoms. The summed E-state index contributed by atoms with van der Waals surface area (Å²) in [4.78, 5) is 11.1. The summed E-state index contributed by atoms with van der Waals surface area (Å²) in [5.74, 6) is -1.18. The van der Waals surface area contributed by atoms with Crippen LogP contribution in [-0.2, 0) is 15.0 Å². The fourth-order valence-electron chi connectivity index (χ4n) is 1.11. The van der Waals surface area contributed by atoms with Gasteiger partial charge < -0.3 is 5.11 Å². The lowest BCUT2D eigenvalue weighted by molar-refractivity contribution is -0.141. The van der Waals surface area contributed by atoms with Gasteiger partial charge in [0.15, 0.2) is 0 Å². The van der Waals surface area contributed by atoms with Gasteiger partial charge in [0.2, 0.25) is 0 Å².